The van der Waals surface area contributed by atoms with Gasteiger partial charge in [0, 0.05) is 22.3 Å². The summed E-state index contributed by atoms with van der Waals surface area (Å²) in [5, 5.41) is 17.0. The second-order valence-corrected chi connectivity index (χ2v) is 9.49. The molecule has 0 aliphatic carbocycles. The Balaban J connectivity index is 1.66. The summed E-state index contributed by atoms with van der Waals surface area (Å²) in [6.07, 6.45) is -0.0612. The second kappa shape index (κ2) is 8.70. The molecule has 2 fully saturated rings. The molecule has 0 bridgehead atoms. The van der Waals surface area contributed by atoms with E-state index in [1.165, 1.54) is 23.2 Å². The maximum absolute atomic E-state index is 14.3. The first-order valence-electron chi connectivity index (χ1n) is 10.1. The number of carbonyl (C=O) groups is 2. The number of hydrogen-bond acceptors (Lipinski definition) is 4. The fourth-order valence-corrected chi connectivity index (χ4v) is 4.91. The van der Waals surface area contributed by atoms with Gasteiger partial charge in [-0.25, -0.2) is 13.8 Å². The van der Waals surface area contributed by atoms with Crippen molar-refractivity contribution in [3.8, 4) is 0 Å². The van der Waals surface area contributed by atoms with E-state index >= 15 is 0 Å². The number of anilines is 1. The van der Waals surface area contributed by atoms with Crippen LogP contribution >= 0.6 is 27.5 Å². The third-order valence-electron chi connectivity index (χ3n) is 6.23. The van der Waals surface area contributed by atoms with Gasteiger partial charge >= 0.3 is 0 Å². The number of aliphatic hydroxyl groups excluding tert-OH is 1. The van der Waals surface area contributed by atoms with Crippen molar-refractivity contribution >= 4 is 45.0 Å². The average Bonchev–Trinajstić information content (AvgIpc) is 3.14. The van der Waals surface area contributed by atoms with E-state index in [1.807, 2.05) is 0 Å². The third-order valence-corrected chi connectivity index (χ3v) is 7.46. The van der Waals surface area contributed by atoms with Crippen molar-refractivity contribution in [3.05, 3.63) is 63.1 Å². The number of nitrogens with zero attached hydrogens (tertiary/aromatic N) is 2. The summed E-state index contributed by atoms with van der Waals surface area (Å²) in [5.41, 5.74) is -0.551. The van der Waals surface area contributed by atoms with Crippen LogP contribution in [-0.4, -0.2) is 45.1 Å². The predicted octanol–water partition coefficient (Wildman–Crippen LogP) is 4.11. The van der Waals surface area contributed by atoms with Gasteiger partial charge in [0.05, 0.1) is 23.2 Å². The first-order valence-corrected chi connectivity index (χ1v) is 11.3. The van der Waals surface area contributed by atoms with Gasteiger partial charge in [0.15, 0.2) is 11.6 Å². The first kappa shape index (κ1) is 23.1. The van der Waals surface area contributed by atoms with Crippen molar-refractivity contribution < 1.29 is 23.5 Å². The Morgan fingerprint density at radius 1 is 1.34 bits per heavy atom. The lowest BCUT2D eigenvalue weighted by Gasteiger charge is -2.51. The van der Waals surface area contributed by atoms with Gasteiger partial charge in [0.25, 0.3) is 5.91 Å². The Morgan fingerprint density at radius 3 is 2.81 bits per heavy atom. The molecule has 3 unspecified atom stereocenters. The fourth-order valence-electron chi connectivity index (χ4n) is 4.49. The van der Waals surface area contributed by atoms with Gasteiger partial charge < -0.3 is 10.4 Å². The highest BCUT2D eigenvalue weighted by atomic mass is 79.9. The van der Waals surface area contributed by atoms with E-state index < -0.39 is 41.0 Å². The highest BCUT2D eigenvalue weighted by molar-refractivity contribution is 9.10. The van der Waals surface area contributed by atoms with Gasteiger partial charge in [-0.05, 0) is 60.0 Å². The van der Waals surface area contributed by atoms with Crippen LogP contribution in [0.3, 0.4) is 0 Å². The molecule has 2 aliphatic rings. The normalized spacial score (nSPS) is 25.7. The maximum atomic E-state index is 14.3. The van der Waals surface area contributed by atoms with Crippen LogP contribution in [0, 0.1) is 17.6 Å². The number of halogens is 4. The molecular weight excluding hydrogens is 508 g/mol. The minimum absolute atomic E-state index is 0.0113. The lowest BCUT2D eigenvalue weighted by Crippen LogP contribution is -2.70. The fraction of sp³-hybridized carbons (Fsp3) is 0.364. The lowest BCUT2D eigenvalue weighted by atomic mass is 9.80. The molecular formula is C22H21BrClF2N3O3. The monoisotopic (exact) mass is 527 g/mol. The summed E-state index contributed by atoms with van der Waals surface area (Å²) < 4.78 is 28.7. The summed E-state index contributed by atoms with van der Waals surface area (Å²) in [6, 6.07) is 8.53. The summed E-state index contributed by atoms with van der Waals surface area (Å²) in [5.74, 6) is -4.86. The quantitative estimate of drug-likeness (QED) is 0.586. The van der Waals surface area contributed by atoms with Gasteiger partial charge in [-0.15, -0.1) is 0 Å². The van der Waals surface area contributed by atoms with Crippen LogP contribution in [0.1, 0.15) is 25.3 Å². The van der Waals surface area contributed by atoms with Crippen molar-refractivity contribution in [2.45, 2.75) is 38.0 Å². The molecule has 170 valence electrons. The van der Waals surface area contributed by atoms with E-state index in [2.05, 4.69) is 21.2 Å². The van der Waals surface area contributed by atoms with Gasteiger partial charge in [0.2, 0.25) is 5.91 Å². The maximum Gasteiger partial charge on any atom is 0.252 e. The van der Waals surface area contributed by atoms with E-state index in [9.17, 15) is 23.5 Å². The van der Waals surface area contributed by atoms with Crippen LogP contribution < -0.4 is 5.32 Å². The minimum Gasteiger partial charge on any atom is -0.390 e. The predicted molar refractivity (Wildman–Crippen MR) is 119 cm³/mol. The molecule has 0 aromatic heterocycles. The van der Waals surface area contributed by atoms with Crippen LogP contribution in [0.15, 0.2) is 40.9 Å². The lowest BCUT2D eigenvalue weighted by molar-refractivity contribution is -0.203. The van der Waals surface area contributed by atoms with Gasteiger partial charge in [-0.2, -0.15) is 0 Å². The molecule has 4 rings (SSSR count). The minimum atomic E-state index is -1.42. The van der Waals surface area contributed by atoms with E-state index in [1.54, 1.807) is 24.1 Å². The van der Waals surface area contributed by atoms with E-state index in [-0.39, 0.29) is 12.1 Å². The Hall–Kier alpha value is -2.07. The van der Waals surface area contributed by atoms with Crippen LogP contribution in [0.4, 0.5) is 14.5 Å². The second-order valence-electron chi connectivity index (χ2n) is 8.23. The molecule has 2 aliphatic heterocycles. The van der Waals surface area contributed by atoms with E-state index in [0.717, 1.165) is 6.07 Å². The summed E-state index contributed by atoms with van der Waals surface area (Å²) in [4.78, 5) is 26.5. The zero-order chi connectivity index (χ0) is 23.2. The Morgan fingerprint density at radius 2 is 2.09 bits per heavy atom. The molecule has 32 heavy (non-hydrogen) atoms. The van der Waals surface area contributed by atoms with Crippen molar-refractivity contribution in [1.82, 2.24) is 10.0 Å². The van der Waals surface area contributed by atoms with Crippen LogP contribution in [0.25, 0.3) is 0 Å². The number of amides is 2. The summed E-state index contributed by atoms with van der Waals surface area (Å²) in [7, 11) is 0. The zero-order valence-electron chi connectivity index (χ0n) is 17.1. The highest BCUT2D eigenvalue weighted by Crippen LogP contribution is 2.42. The van der Waals surface area contributed by atoms with Crippen molar-refractivity contribution in [2.24, 2.45) is 5.92 Å². The van der Waals surface area contributed by atoms with Gasteiger partial charge in [-0.3, -0.25) is 14.6 Å². The summed E-state index contributed by atoms with van der Waals surface area (Å²) >= 11 is 9.35. The average molecular weight is 529 g/mol. The zero-order valence-corrected chi connectivity index (χ0v) is 19.5. The molecule has 10 heteroatoms. The van der Waals surface area contributed by atoms with Crippen molar-refractivity contribution in [3.63, 3.8) is 0 Å². The van der Waals surface area contributed by atoms with E-state index in [0.29, 0.717) is 34.6 Å². The number of benzene rings is 2. The third kappa shape index (κ3) is 3.91. The Bertz CT molecular complexity index is 1090. The number of fused-ring (bicyclic) bond motifs is 1. The Labute approximate surface area is 197 Å². The molecule has 2 heterocycles. The van der Waals surface area contributed by atoms with Crippen LogP contribution in [0.2, 0.25) is 5.02 Å². The molecule has 0 radical (unpaired) electrons. The molecule has 2 N–H and O–H groups in total. The molecule has 2 aromatic rings. The summed E-state index contributed by atoms with van der Waals surface area (Å²) in [6.45, 7) is 1.97. The van der Waals surface area contributed by atoms with Crippen LogP contribution in [0.5, 0.6) is 0 Å². The molecule has 6 nitrogen and oxygen atoms in total. The number of rotatable bonds is 4. The molecule has 2 amide bonds. The molecule has 2 saturated heterocycles. The largest absolute Gasteiger partial charge is 0.390 e. The van der Waals surface area contributed by atoms with Gasteiger partial charge in [-0.1, -0.05) is 23.7 Å². The van der Waals surface area contributed by atoms with E-state index in [4.69, 9.17) is 11.6 Å². The smallest absolute Gasteiger partial charge is 0.252 e. The number of hydrogen-bond donors (Lipinski definition) is 2. The topological polar surface area (TPSA) is 72.9 Å². The number of nitrogens with one attached hydrogen (secondary N) is 1. The first-order chi connectivity index (χ1) is 15.1. The standard InChI is InChI=1S/C22H21BrClF2N3O3/c1-22-8-3-9-29(22)28(11-12-4-2-5-16(25)18(12)26)21(32)17(19(22)30)20(31)27-13-6-7-14(23)15(24)10-13/h2,4-7,10,17,19,30H,3,8-9,11H2,1H3,(H,27,31). The molecule has 0 saturated carbocycles. The van der Waals surface area contributed by atoms with Crippen molar-refractivity contribution in [2.75, 3.05) is 11.9 Å². The van der Waals surface area contributed by atoms with Crippen molar-refractivity contribution in [1.29, 1.82) is 0 Å². The van der Waals surface area contributed by atoms with Gasteiger partial charge in [0.1, 0.15) is 5.92 Å². The van der Waals surface area contributed by atoms with Crippen LogP contribution in [-0.2, 0) is 16.1 Å². The SMILES string of the molecule is CC12CCCN1N(Cc1cccc(F)c1F)C(=O)C(C(=O)Nc1ccc(Br)c(Cl)c1)C2O. The number of hydrazine groups is 1. The molecule has 3 atom stereocenters. The highest BCUT2D eigenvalue weighted by Gasteiger charge is 2.58. The molecule has 0 spiro atoms. The Kier molecular flexibility index (Phi) is 6.28. The number of aliphatic hydroxyl groups is 1. The molecule has 2 aromatic carbocycles. The number of carbonyl (C=O) groups excluding carboxylic acids is 2.